The fraction of sp³-hybridized carbons (Fsp3) is 0.150. The number of nitrogens with two attached hydrogens (primary N) is 1. The van der Waals surface area contributed by atoms with E-state index in [1.165, 1.54) is 11.1 Å². The fourth-order valence-electron chi connectivity index (χ4n) is 2.60. The van der Waals surface area contributed by atoms with Crippen molar-refractivity contribution in [1.29, 1.82) is 0 Å². The van der Waals surface area contributed by atoms with E-state index in [0.717, 1.165) is 17.9 Å². The van der Waals surface area contributed by atoms with Crippen LogP contribution in [0.4, 0.5) is 0 Å². The molecule has 3 aromatic rings. The van der Waals surface area contributed by atoms with Crippen molar-refractivity contribution in [3.05, 3.63) is 90.3 Å². The maximum Gasteiger partial charge on any atom is 0.127 e. The van der Waals surface area contributed by atoms with Gasteiger partial charge in [0.2, 0.25) is 0 Å². The Morgan fingerprint density at radius 1 is 0.913 bits per heavy atom. The highest BCUT2D eigenvalue weighted by Gasteiger charge is 2.12. The minimum atomic E-state index is 0.249. The highest BCUT2D eigenvalue weighted by Crippen LogP contribution is 2.26. The van der Waals surface area contributed by atoms with Gasteiger partial charge in [0.25, 0.3) is 0 Å². The van der Waals surface area contributed by atoms with Crippen LogP contribution in [-0.4, -0.2) is 11.5 Å². The van der Waals surface area contributed by atoms with Crippen LogP contribution in [-0.2, 0) is 6.42 Å². The number of pyridine rings is 1. The van der Waals surface area contributed by atoms with Crippen LogP contribution in [0.25, 0.3) is 0 Å². The van der Waals surface area contributed by atoms with Gasteiger partial charge < -0.3 is 10.5 Å². The molecule has 1 atom stereocenters. The molecule has 0 saturated heterocycles. The molecule has 0 spiro atoms. The standard InChI is InChI=1S/C20H20N2O/c21-14-18(12-16-6-5-11-22-15-16)17-7-4-10-20(13-17)23-19-8-2-1-3-9-19/h1-11,13,15,18H,12,14,21H2. The van der Waals surface area contributed by atoms with Gasteiger partial charge in [0.15, 0.2) is 0 Å². The van der Waals surface area contributed by atoms with Crippen LogP contribution in [0, 0.1) is 0 Å². The molecule has 0 radical (unpaired) electrons. The third kappa shape index (κ3) is 4.18. The SMILES string of the molecule is NCC(Cc1cccnc1)c1cccc(Oc2ccccc2)c1. The minimum Gasteiger partial charge on any atom is -0.457 e. The number of para-hydroxylation sites is 1. The Morgan fingerprint density at radius 3 is 2.48 bits per heavy atom. The van der Waals surface area contributed by atoms with E-state index in [2.05, 4.69) is 23.2 Å². The van der Waals surface area contributed by atoms with Crippen molar-refractivity contribution < 1.29 is 4.74 Å². The summed E-state index contributed by atoms with van der Waals surface area (Å²) in [5.41, 5.74) is 8.37. The average Bonchev–Trinajstić information content (AvgIpc) is 2.62. The topological polar surface area (TPSA) is 48.1 Å². The molecule has 0 fully saturated rings. The summed E-state index contributed by atoms with van der Waals surface area (Å²) in [6, 6.07) is 22.0. The Balaban J connectivity index is 1.77. The van der Waals surface area contributed by atoms with E-state index in [9.17, 15) is 0 Å². The number of hydrogen-bond acceptors (Lipinski definition) is 3. The Hall–Kier alpha value is -2.65. The molecule has 1 unspecified atom stereocenters. The predicted molar refractivity (Wildman–Crippen MR) is 92.7 cm³/mol. The molecular formula is C20H20N2O. The molecule has 2 N–H and O–H groups in total. The van der Waals surface area contributed by atoms with Gasteiger partial charge in [0.05, 0.1) is 0 Å². The summed E-state index contributed by atoms with van der Waals surface area (Å²) in [6.07, 6.45) is 4.56. The third-order valence-corrected chi connectivity index (χ3v) is 3.80. The minimum absolute atomic E-state index is 0.249. The van der Waals surface area contributed by atoms with Crippen molar-refractivity contribution in [2.24, 2.45) is 5.73 Å². The van der Waals surface area contributed by atoms with E-state index in [4.69, 9.17) is 10.5 Å². The molecule has 0 aliphatic heterocycles. The molecule has 0 saturated carbocycles. The molecule has 0 bridgehead atoms. The monoisotopic (exact) mass is 304 g/mol. The van der Waals surface area contributed by atoms with Gasteiger partial charge in [-0.05, 0) is 54.4 Å². The first-order chi connectivity index (χ1) is 11.3. The first kappa shape index (κ1) is 15.3. The van der Waals surface area contributed by atoms with Gasteiger partial charge in [0, 0.05) is 18.3 Å². The van der Waals surface area contributed by atoms with Crippen LogP contribution in [0.2, 0.25) is 0 Å². The number of benzene rings is 2. The molecule has 0 aliphatic rings. The second-order valence-electron chi connectivity index (χ2n) is 5.49. The summed E-state index contributed by atoms with van der Waals surface area (Å²) in [5, 5.41) is 0. The Morgan fingerprint density at radius 2 is 1.74 bits per heavy atom. The van der Waals surface area contributed by atoms with Crippen LogP contribution in [0.3, 0.4) is 0 Å². The molecule has 0 amide bonds. The summed E-state index contributed by atoms with van der Waals surface area (Å²) in [5.74, 6) is 1.91. The highest BCUT2D eigenvalue weighted by atomic mass is 16.5. The van der Waals surface area contributed by atoms with Gasteiger partial charge in [-0.2, -0.15) is 0 Å². The number of aromatic nitrogens is 1. The van der Waals surface area contributed by atoms with Gasteiger partial charge >= 0.3 is 0 Å². The predicted octanol–water partition coefficient (Wildman–Crippen LogP) is 4.16. The quantitative estimate of drug-likeness (QED) is 0.744. The lowest BCUT2D eigenvalue weighted by molar-refractivity contribution is 0.481. The van der Waals surface area contributed by atoms with Gasteiger partial charge in [0.1, 0.15) is 11.5 Å². The second-order valence-corrected chi connectivity index (χ2v) is 5.49. The molecule has 1 aromatic heterocycles. The smallest absolute Gasteiger partial charge is 0.127 e. The second kappa shape index (κ2) is 7.56. The summed E-state index contributed by atoms with van der Waals surface area (Å²) in [7, 11) is 0. The number of hydrogen-bond donors (Lipinski definition) is 1. The summed E-state index contributed by atoms with van der Waals surface area (Å²) >= 11 is 0. The molecule has 3 heteroatoms. The lowest BCUT2D eigenvalue weighted by Gasteiger charge is -2.16. The van der Waals surface area contributed by atoms with Crippen molar-refractivity contribution in [2.75, 3.05) is 6.54 Å². The summed E-state index contributed by atoms with van der Waals surface area (Å²) in [6.45, 7) is 0.587. The van der Waals surface area contributed by atoms with Crippen LogP contribution >= 0.6 is 0 Å². The molecule has 0 aliphatic carbocycles. The lowest BCUT2D eigenvalue weighted by atomic mass is 9.92. The first-order valence-corrected chi connectivity index (χ1v) is 7.77. The van der Waals surface area contributed by atoms with Crippen molar-refractivity contribution in [3.63, 3.8) is 0 Å². The fourth-order valence-corrected chi connectivity index (χ4v) is 2.60. The van der Waals surface area contributed by atoms with E-state index in [1.807, 2.05) is 54.7 Å². The van der Waals surface area contributed by atoms with Crippen LogP contribution in [0.1, 0.15) is 17.0 Å². The Labute approximate surface area is 136 Å². The van der Waals surface area contributed by atoms with E-state index in [-0.39, 0.29) is 5.92 Å². The maximum atomic E-state index is 5.99. The molecule has 1 heterocycles. The maximum absolute atomic E-state index is 5.99. The average molecular weight is 304 g/mol. The van der Waals surface area contributed by atoms with E-state index in [0.29, 0.717) is 6.54 Å². The van der Waals surface area contributed by atoms with Crippen molar-refractivity contribution in [3.8, 4) is 11.5 Å². The molecule has 3 nitrogen and oxygen atoms in total. The van der Waals surface area contributed by atoms with Crippen LogP contribution in [0.15, 0.2) is 79.1 Å². The zero-order chi connectivity index (χ0) is 15.9. The van der Waals surface area contributed by atoms with Gasteiger partial charge in [-0.25, -0.2) is 0 Å². The molecule has 3 rings (SSSR count). The normalized spacial score (nSPS) is 11.9. The number of nitrogens with zero attached hydrogens (tertiary/aromatic N) is 1. The summed E-state index contributed by atoms with van der Waals surface area (Å²) in [4.78, 5) is 4.17. The van der Waals surface area contributed by atoms with Crippen molar-refractivity contribution in [1.82, 2.24) is 4.98 Å². The summed E-state index contributed by atoms with van der Waals surface area (Å²) < 4.78 is 5.91. The van der Waals surface area contributed by atoms with Crippen molar-refractivity contribution >= 4 is 0 Å². The zero-order valence-electron chi connectivity index (χ0n) is 12.9. The van der Waals surface area contributed by atoms with Crippen LogP contribution in [0.5, 0.6) is 11.5 Å². The molecule has 2 aromatic carbocycles. The Kier molecular flexibility index (Phi) is 5.02. The lowest BCUT2D eigenvalue weighted by Crippen LogP contribution is -2.15. The van der Waals surface area contributed by atoms with Gasteiger partial charge in [-0.1, -0.05) is 36.4 Å². The third-order valence-electron chi connectivity index (χ3n) is 3.80. The Bertz CT molecular complexity index is 729. The van der Waals surface area contributed by atoms with Crippen molar-refractivity contribution in [2.45, 2.75) is 12.3 Å². The largest absolute Gasteiger partial charge is 0.457 e. The van der Waals surface area contributed by atoms with Gasteiger partial charge in [-0.3, -0.25) is 4.98 Å². The van der Waals surface area contributed by atoms with E-state index >= 15 is 0 Å². The highest BCUT2D eigenvalue weighted by molar-refractivity contribution is 5.36. The van der Waals surface area contributed by atoms with Gasteiger partial charge in [-0.15, -0.1) is 0 Å². The van der Waals surface area contributed by atoms with Crippen LogP contribution < -0.4 is 10.5 Å². The molecular weight excluding hydrogens is 284 g/mol. The van der Waals surface area contributed by atoms with E-state index in [1.54, 1.807) is 6.20 Å². The zero-order valence-corrected chi connectivity index (χ0v) is 12.9. The number of rotatable bonds is 6. The first-order valence-electron chi connectivity index (χ1n) is 7.77. The van der Waals surface area contributed by atoms with E-state index < -0.39 is 0 Å². The molecule has 116 valence electrons. The molecule has 23 heavy (non-hydrogen) atoms. The number of ether oxygens (including phenoxy) is 1.